The maximum Gasteiger partial charge on any atom is 0.407 e. The van der Waals surface area contributed by atoms with Crippen molar-refractivity contribution in [3.05, 3.63) is 34.3 Å². The van der Waals surface area contributed by atoms with E-state index in [4.69, 9.17) is 16.7 Å². The van der Waals surface area contributed by atoms with Crippen molar-refractivity contribution >= 4 is 17.7 Å². The number of fused-ring (bicyclic) bond motifs is 1. The van der Waals surface area contributed by atoms with Crippen LogP contribution in [0.1, 0.15) is 11.1 Å². The van der Waals surface area contributed by atoms with E-state index in [2.05, 4.69) is 0 Å². The van der Waals surface area contributed by atoms with Gasteiger partial charge in [-0.2, -0.15) is 0 Å². The van der Waals surface area contributed by atoms with Gasteiger partial charge in [-0.05, 0) is 29.7 Å². The molecule has 14 heavy (non-hydrogen) atoms. The molecule has 1 aromatic carbocycles. The highest BCUT2D eigenvalue weighted by atomic mass is 35.5. The van der Waals surface area contributed by atoms with E-state index in [9.17, 15) is 4.79 Å². The zero-order valence-corrected chi connectivity index (χ0v) is 8.29. The molecule has 1 aliphatic heterocycles. The second-order valence-electron chi connectivity index (χ2n) is 3.37. The van der Waals surface area contributed by atoms with Gasteiger partial charge in [-0.15, -0.1) is 0 Å². The van der Waals surface area contributed by atoms with Crippen LogP contribution < -0.4 is 0 Å². The number of carboxylic acid groups (broad SMARTS) is 1. The fourth-order valence-corrected chi connectivity index (χ4v) is 1.88. The lowest BCUT2D eigenvalue weighted by Gasteiger charge is -2.26. The largest absolute Gasteiger partial charge is 0.465 e. The van der Waals surface area contributed by atoms with Crippen LogP contribution in [-0.4, -0.2) is 22.6 Å². The van der Waals surface area contributed by atoms with Crippen molar-refractivity contribution < 1.29 is 9.90 Å². The Kier molecular flexibility index (Phi) is 2.33. The standard InChI is InChI=1S/C10H10ClNO2/c11-9-2-1-7-3-4-12(10(13)14)6-8(7)5-9/h1-2,5H,3-4,6H2,(H,13,14). The maximum absolute atomic E-state index is 10.7. The van der Waals surface area contributed by atoms with E-state index in [0.29, 0.717) is 18.1 Å². The van der Waals surface area contributed by atoms with Gasteiger partial charge in [0.1, 0.15) is 0 Å². The lowest BCUT2D eigenvalue weighted by atomic mass is 10.0. The Labute approximate surface area is 86.9 Å². The van der Waals surface area contributed by atoms with Crippen molar-refractivity contribution in [1.82, 2.24) is 4.90 Å². The first-order chi connectivity index (χ1) is 6.66. The molecule has 2 rings (SSSR count). The monoisotopic (exact) mass is 211 g/mol. The van der Waals surface area contributed by atoms with Gasteiger partial charge in [-0.3, -0.25) is 0 Å². The summed E-state index contributed by atoms with van der Waals surface area (Å²) in [5.41, 5.74) is 2.22. The van der Waals surface area contributed by atoms with Crippen molar-refractivity contribution in [1.29, 1.82) is 0 Å². The Morgan fingerprint density at radius 3 is 2.93 bits per heavy atom. The average Bonchev–Trinajstić information content (AvgIpc) is 2.16. The molecule has 0 bridgehead atoms. The quantitative estimate of drug-likeness (QED) is 0.716. The number of halogens is 1. The molecule has 0 aromatic heterocycles. The minimum atomic E-state index is -0.865. The minimum Gasteiger partial charge on any atom is -0.465 e. The molecule has 3 nitrogen and oxygen atoms in total. The number of hydrogen-bond donors (Lipinski definition) is 1. The van der Waals surface area contributed by atoms with Crippen molar-refractivity contribution in [3.63, 3.8) is 0 Å². The summed E-state index contributed by atoms with van der Waals surface area (Å²) >= 11 is 5.84. The second kappa shape index (κ2) is 3.50. The summed E-state index contributed by atoms with van der Waals surface area (Å²) in [4.78, 5) is 12.1. The smallest absolute Gasteiger partial charge is 0.407 e. The molecule has 1 aliphatic rings. The molecule has 0 saturated heterocycles. The van der Waals surface area contributed by atoms with Gasteiger partial charge >= 0.3 is 6.09 Å². The summed E-state index contributed by atoms with van der Waals surface area (Å²) in [5, 5.41) is 9.49. The van der Waals surface area contributed by atoms with Crippen LogP contribution in [0.5, 0.6) is 0 Å². The molecule has 0 spiro atoms. The molecular weight excluding hydrogens is 202 g/mol. The molecule has 4 heteroatoms. The van der Waals surface area contributed by atoms with Gasteiger partial charge < -0.3 is 10.0 Å². The van der Waals surface area contributed by atoms with Crippen LogP contribution in [0.2, 0.25) is 5.02 Å². The van der Waals surface area contributed by atoms with Gasteiger partial charge in [0.25, 0.3) is 0 Å². The molecule has 0 atom stereocenters. The molecule has 0 unspecified atom stereocenters. The number of amides is 1. The fourth-order valence-electron chi connectivity index (χ4n) is 1.69. The van der Waals surface area contributed by atoms with E-state index in [1.165, 1.54) is 10.5 Å². The second-order valence-corrected chi connectivity index (χ2v) is 3.80. The highest BCUT2D eigenvalue weighted by Gasteiger charge is 2.19. The van der Waals surface area contributed by atoms with Crippen molar-refractivity contribution in [3.8, 4) is 0 Å². The van der Waals surface area contributed by atoms with E-state index in [0.717, 1.165) is 12.0 Å². The predicted molar refractivity (Wildman–Crippen MR) is 53.6 cm³/mol. The summed E-state index contributed by atoms with van der Waals surface area (Å²) in [6.07, 6.45) is -0.0886. The highest BCUT2D eigenvalue weighted by Crippen LogP contribution is 2.22. The average molecular weight is 212 g/mol. The molecule has 1 aromatic rings. The van der Waals surface area contributed by atoms with E-state index in [1.54, 1.807) is 0 Å². The molecule has 0 radical (unpaired) electrons. The zero-order valence-electron chi connectivity index (χ0n) is 7.53. The number of nitrogens with zero attached hydrogens (tertiary/aromatic N) is 1. The summed E-state index contributed by atoms with van der Waals surface area (Å²) in [6, 6.07) is 5.65. The third-order valence-corrected chi connectivity index (χ3v) is 2.69. The molecule has 1 amide bonds. The molecule has 1 N–H and O–H groups in total. The van der Waals surface area contributed by atoms with E-state index in [1.807, 2.05) is 18.2 Å². The first-order valence-electron chi connectivity index (χ1n) is 4.42. The third-order valence-electron chi connectivity index (χ3n) is 2.45. The molecular formula is C10H10ClNO2. The number of hydrogen-bond acceptors (Lipinski definition) is 1. The van der Waals surface area contributed by atoms with Crippen LogP contribution in [0.3, 0.4) is 0 Å². The first kappa shape index (κ1) is 9.34. The van der Waals surface area contributed by atoms with Crippen LogP contribution in [0.15, 0.2) is 18.2 Å². The molecule has 0 saturated carbocycles. The number of carbonyl (C=O) groups is 1. The Hall–Kier alpha value is -1.22. The lowest BCUT2D eigenvalue weighted by Crippen LogP contribution is -2.34. The molecule has 0 aliphatic carbocycles. The minimum absolute atomic E-state index is 0.450. The fraction of sp³-hybridized carbons (Fsp3) is 0.300. The Bertz CT molecular complexity index is 378. The lowest BCUT2D eigenvalue weighted by molar-refractivity contribution is 0.140. The predicted octanol–water partition coefficient (Wildman–Crippen LogP) is 2.38. The highest BCUT2D eigenvalue weighted by molar-refractivity contribution is 6.30. The van der Waals surface area contributed by atoms with E-state index < -0.39 is 6.09 Å². The zero-order chi connectivity index (χ0) is 10.1. The first-order valence-corrected chi connectivity index (χ1v) is 4.80. The topological polar surface area (TPSA) is 40.5 Å². The van der Waals surface area contributed by atoms with Crippen LogP contribution in [0, 0.1) is 0 Å². The summed E-state index contributed by atoms with van der Waals surface area (Å²) in [7, 11) is 0. The van der Waals surface area contributed by atoms with Gasteiger partial charge in [0.05, 0.1) is 0 Å². The van der Waals surface area contributed by atoms with Gasteiger partial charge in [0.15, 0.2) is 0 Å². The van der Waals surface area contributed by atoms with Crippen LogP contribution in [0.25, 0.3) is 0 Å². The summed E-state index contributed by atoms with van der Waals surface area (Å²) in [6.45, 7) is 1.02. The van der Waals surface area contributed by atoms with E-state index in [-0.39, 0.29) is 0 Å². The third kappa shape index (κ3) is 1.68. The SMILES string of the molecule is O=C(O)N1CCc2ccc(Cl)cc2C1. The number of benzene rings is 1. The van der Waals surface area contributed by atoms with E-state index >= 15 is 0 Å². The number of rotatable bonds is 0. The Morgan fingerprint density at radius 1 is 1.43 bits per heavy atom. The summed E-state index contributed by atoms with van der Waals surface area (Å²) < 4.78 is 0. The molecule has 0 fully saturated rings. The normalized spacial score (nSPS) is 15.1. The van der Waals surface area contributed by atoms with Gasteiger partial charge in [0.2, 0.25) is 0 Å². The van der Waals surface area contributed by atoms with Crippen molar-refractivity contribution in [2.75, 3.05) is 6.54 Å². The van der Waals surface area contributed by atoms with Gasteiger partial charge in [-0.1, -0.05) is 17.7 Å². The van der Waals surface area contributed by atoms with Crippen molar-refractivity contribution in [2.45, 2.75) is 13.0 Å². The Balaban J connectivity index is 2.29. The van der Waals surface area contributed by atoms with Gasteiger partial charge in [0, 0.05) is 18.1 Å². The van der Waals surface area contributed by atoms with Gasteiger partial charge in [-0.25, -0.2) is 4.79 Å². The van der Waals surface area contributed by atoms with Crippen LogP contribution in [0.4, 0.5) is 4.79 Å². The maximum atomic E-state index is 10.7. The van der Waals surface area contributed by atoms with Crippen LogP contribution in [-0.2, 0) is 13.0 Å². The summed E-state index contributed by atoms with van der Waals surface area (Å²) in [5.74, 6) is 0. The van der Waals surface area contributed by atoms with Crippen molar-refractivity contribution in [2.24, 2.45) is 0 Å². The Morgan fingerprint density at radius 2 is 2.21 bits per heavy atom. The van der Waals surface area contributed by atoms with Crippen LogP contribution >= 0.6 is 11.6 Å². The molecule has 1 heterocycles. The molecule has 74 valence electrons.